The molecule has 1 aliphatic heterocycles. The van der Waals surface area contributed by atoms with Crippen LogP contribution in [0, 0.1) is 25.6 Å². The zero-order valence-corrected chi connectivity index (χ0v) is 63.4. The van der Waals surface area contributed by atoms with Crippen molar-refractivity contribution >= 4 is 42.5 Å². The lowest BCUT2D eigenvalue weighted by Gasteiger charge is -2.30. The summed E-state index contributed by atoms with van der Waals surface area (Å²) in [5.41, 5.74) is 56.7. The molecule has 1 rings (SSSR count). The van der Waals surface area contributed by atoms with Crippen LogP contribution in [0.2, 0.25) is 0 Å². The molecule has 103 heavy (non-hydrogen) atoms. The van der Waals surface area contributed by atoms with Crippen molar-refractivity contribution < 1.29 is 35.4 Å². The number of nitrogens with one attached hydrogen (secondary N) is 17. The van der Waals surface area contributed by atoms with E-state index in [1.54, 1.807) is 6.92 Å². The smallest absolute Gasteiger partial charge is 0.216 e. The molecule has 1 heterocycles. The molecule has 0 aromatic rings. The molecule has 36 nitrogen and oxygen atoms in total. The Kier molecular flexibility index (Phi) is 63.4. The van der Waals surface area contributed by atoms with Gasteiger partial charge in [-0.3, -0.25) is 44.5 Å². The second kappa shape index (κ2) is 67.8. The summed E-state index contributed by atoms with van der Waals surface area (Å²) in [5, 5.41) is 90.8. The van der Waals surface area contributed by atoms with Crippen LogP contribution in [0.3, 0.4) is 0 Å². The lowest BCUT2D eigenvalue weighted by molar-refractivity contribution is -0.482. The molecule has 0 aromatic heterocycles. The van der Waals surface area contributed by atoms with E-state index < -0.39 is 6.10 Å². The van der Waals surface area contributed by atoms with Crippen molar-refractivity contribution in [2.24, 2.45) is 83.2 Å². The number of nitrogens with zero attached hydrogens (tertiary/aromatic N) is 5. The number of nitrogens with two attached hydrogens (primary N) is 10. The van der Waals surface area contributed by atoms with E-state index in [-0.39, 0.29) is 98.0 Å². The second-order valence-electron chi connectivity index (χ2n) is 27.0. The van der Waals surface area contributed by atoms with Crippen molar-refractivity contribution in [1.82, 2.24) is 79.3 Å². The van der Waals surface area contributed by atoms with Gasteiger partial charge in [-0.2, -0.15) is 6.42 Å². The number of hydrogen-bond acceptors (Lipinski definition) is 25. The first-order chi connectivity index (χ1) is 49.9. The van der Waals surface area contributed by atoms with Gasteiger partial charge in [0.1, 0.15) is 6.21 Å². The zero-order chi connectivity index (χ0) is 75.6. The van der Waals surface area contributed by atoms with E-state index in [1.807, 2.05) is 31.7 Å². The molecule has 11 atom stereocenters. The Balaban J connectivity index is 2.72. The van der Waals surface area contributed by atoms with Crippen LogP contribution in [0.25, 0.3) is 0 Å². The van der Waals surface area contributed by atoms with Gasteiger partial charge in [-0.15, -0.1) is 13.1 Å². The minimum absolute atomic E-state index is 0.00236. The van der Waals surface area contributed by atoms with E-state index in [0.29, 0.717) is 117 Å². The van der Waals surface area contributed by atoms with Crippen molar-refractivity contribution in [3.63, 3.8) is 0 Å². The third kappa shape index (κ3) is 60.0. The number of aliphatic imine (C=N–C) groups is 4. The third-order valence-electron chi connectivity index (χ3n) is 17.4. The van der Waals surface area contributed by atoms with Gasteiger partial charge in [0.15, 0.2) is 43.1 Å². The summed E-state index contributed by atoms with van der Waals surface area (Å²) >= 11 is 0. The van der Waals surface area contributed by atoms with Gasteiger partial charge < -0.3 is 152 Å². The van der Waals surface area contributed by atoms with Gasteiger partial charge in [-0.25, -0.2) is 15.0 Å². The normalized spacial score (nSPS) is 16.7. The lowest BCUT2D eigenvalue weighted by atomic mass is 10.0. The Hall–Kier alpha value is -4.75. The van der Waals surface area contributed by atoms with Gasteiger partial charge in [0.25, 0.3) is 0 Å². The summed E-state index contributed by atoms with van der Waals surface area (Å²) < 4.78 is 0. The third-order valence-corrected chi connectivity index (χ3v) is 17.4. The fourth-order valence-corrected chi connectivity index (χ4v) is 11.3. The maximum atomic E-state index is 10.7. The minimum atomic E-state index is -0.577. The first kappa shape index (κ1) is 96.3. The number of guanidine groups is 4. The molecule has 36 heteroatoms. The summed E-state index contributed by atoms with van der Waals surface area (Å²) in [6.45, 7) is 29.5. The fourth-order valence-electron chi connectivity index (χ4n) is 11.3. The Bertz CT molecular complexity index is 2140. The Morgan fingerprint density at radius 2 is 1.00 bits per heavy atom. The SMILES string of the molecule is CC(C)C[C@@H](CN[C@@H](CCCN=C(N)N)CN[C@@H](CCCN=C(N)N)CN[C@@H](CO)CN[C@@H](CO)CN[CH-]CN[CH-]CNCCNCCN[C@@H](CCCN=C(N)N)C[NH+]=CC[NH+]=CCN[CH-]CCCNCN)NC[C@H](CO)NC[C@H](CCCN=C(N)N)NC[C@@H]1CCCN1CC=[NH+]C[C@@H](N)[C@@H](C)O. The van der Waals surface area contributed by atoms with Crippen LogP contribution >= 0.6 is 0 Å². The molecular formula is C67H152N32O4. The monoisotopic (exact) mass is 1470 g/mol. The van der Waals surface area contributed by atoms with Gasteiger partial charge in [-0.1, -0.05) is 20.3 Å². The molecule has 604 valence electrons. The topological polar surface area (TPSA) is 604 Å². The number of aliphatic hydroxyl groups is 4. The molecule has 41 N–H and O–H groups in total. The summed E-state index contributed by atoms with van der Waals surface area (Å²) in [5.74, 6) is 0.724. The number of hydrogen-bond donors (Lipinski definition) is 31. The Morgan fingerprint density at radius 3 is 1.55 bits per heavy atom. The van der Waals surface area contributed by atoms with Gasteiger partial charge in [0.05, 0.1) is 44.6 Å². The van der Waals surface area contributed by atoms with Crippen LogP contribution in [0.15, 0.2) is 20.0 Å². The molecule has 0 bridgehead atoms. The van der Waals surface area contributed by atoms with E-state index in [9.17, 15) is 20.4 Å². The molecule has 0 radical (unpaired) electrons. The predicted octanol–water partition coefficient (Wildman–Crippen LogP) is -13.8. The number of aliphatic hydroxyl groups excluding tert-OH is 4. The molecule has 1 fully saturated rings. The average Bonchev–Trinajstić information content (AvgIpc) is 1.79. The second-order valence-corrected chi connectivity index (χ2v) is 27.0. The molecule has 0 aliphatic carbocycles. The number of likely N-dealkylation sites (tertiary alicyclic amines) is 1. The highest BCUT2D eigenvalue weighted by Crippen LogP contribution is 2.16. The van der Waals surface area contributed by atoms with E-state index in [2.05, 4.69) is 135 Å². The minimum Gasteiger partial charge on any atom is -0.493 e. The summed E-state index contributed by atoms with van der Waals surface area (Å²) in [6, 6.07) is -0.126. The van der Waals surface area contributed by atoms with Crippen LogP contribution in [0.5, 0.6) is 0 Å². The predicted molar refractivity (Wildman–Crippen MR) is 424 cm³/mol. The van der Waals surface area contributed by atoms with Crippen LogP contribution in [0.4, 0.5) is 0 Å². The van der Waals surface area contributed by atoms with Crippen LogP contribution in [0.1, 0.15) is 104 Å². The van der Waals surface area contributed by atoms with Crippen molar-refractivity contribution in [1.29, 1.82) is 0 Å². The highest BCUT2D eigenvalue weighted by Gasteiger charge is 2.26. The maximum Gasteiger partial charge on any atom is 0.216 e. The lowest BCUT2D eigenvalue weighted by Crippen LogP contribution is -2.80. The van der Waals surface area contributed by atoms with Gasteiger partial charge in [0.2, 0.25) is 12.8 Å². The molecule has 0 saturated carbocycles. The van der Waals surface area contributed by atoms with Crippen LogP contribution < -0.4 is 147 Å². The number of unbranched alkanes of at least 4 members (excludes halogenated alkanes) is 1. The first-order valence-corrected chi connectivity index (χ1v) is 38.1. The van der Waals surface area contributed by atoms with Crippen molar-refractivity contribution in [3.05, 3.63) is 19.6 Å². The van der Waals surface area contributed by atoms with Crippen LogP contribution in [-0.4, -0.2) is 324 Å². The van der Waals surface area contributed by atoms with E-state index in [0.717, 1.165) is 149 Å². The Morgan fingerprint density at radius 1 is 0.505 bits per heavy atom. The highest BCUT2D eigenvalue weighted by atomic mass is 16.3. The maximum absolute atomic E-state index is 10.7. The van der Waals surface area contributed by atoms with Crippen molar-refractivity contribution in [3.8, 4) is 0 Å². The molecule has 1 aliphatic rings. The van der Waals surface area contributed by atoms with Crippen molar-refractivity contribution in [2.45, 2.75) is 171 Å². The van der Waals surface area contributed by atoms with Gasteiger partial charge in [-0.05, 0) is 103 Å². The molecule has 0 amide bonds. The summed E-state index contributed by atoms with van der Waals surface area (Å²) in [6.07, 6.45) is 17.2. The highest BCUT2D eigenvalue weighted by molar-refractivity contribution is 5.76. The summed E-state index contributed by atoms with van der Waals surface area (Å²) in [7, 11) is 0. The molecule has 0 aromatic carbocycles. The van der Waals surface area contributed by atoms with E-state index >= 15 is 0 Å². The average molecular weight is 1470 g/mol. The largest absolute Gasteiger partial charge is 0.493 e. The summed E-state index contributed by atoms with van der Waals surface area (Å²) in [4.78, 5) is 29.3. The molecule has 0 unspecified atom stereocenters. The first-order valence-electron chi connectivity index (χ1n) is 38.1. The number of rotatable bonds is 74. The van der Waals surface area contributed by atoms with Crippen LogP contribution in [-0.2, 0) is 0 Å². The fraction of sp³-hybridized carbons (Fsp3) is 0.851. The quantitative estimate of drug-likeness (QED) is 0.00884. The van der Waals surface area contributed by atoms with E-state index in [1.165, 1.54) is 0 Å². The van der Waals surface area contributed by atoms with Crippen molar-refractivity contribution in [2.75, 3.05) is 190 Å². The molecule has 0 spiro atoms. The molecular weight excluding hydrogens is 1320 g/mol. The molecule has 1 saturated heterocycles. The zero-order valence-electron chi connectivity index (χ0n) is 63.4. The van der Waals surface area contributed by atoms with E-state index in [4.69, 9.17) is 57.3 Å². The Labute approximate surface area is 618 Å². The van der Waals surface area contributed by atoms with Gasteiger partial charge >= 0.3 is 0 Å². The standard InChI is InChI=1S/C67H149N32O4/c1-52(2)37-58(94-44-60(49-101)96-42-57(14-9-21-91-67(76)77)98-46-62-15-10-35-99(62)36-34-85-47-63(69)53(3)103)43-93-55(12-7-19-89-65(72)73)40-92-56(13-8-20-90-66(74)75)41-95-61(50-102)45-97-59(48-100)39-84-31-29-81-25-24-79-26-27-82-32-33-87-54(11-6-18-88-64(70)71)38-83-30-28-80-23-22-78-16-4-5-17-86-51-68/h16,23,25,30-31,34,52-63,78-79,81-82,84,86-87,92-98,100-103H,4-15,17-22,24,26-29,32-33,35-51,68-69H2,1-3H3,(H4,70,71,88)(H4,72,73,89)(H4,74,75,90)(H4,76,77,91)/q-3/p+3/t53-,54+,55+,56+,57+,58+,59-,60-,61-,62+,63-/m1/s1. The van der Waals surface area contributed by atoms with Gasteiger partial charge in [0, 0.05) is 160 Å².